The predicted octanol–water partition coefficient (Wildman–Crippen LogP) is 1.42. The second-order valence-electron chi connectivity index (χ2n) is 3.60. The van der Waals surface area contributed by atoms with Crippen LogP contribution >= 0.6 is 0 Å². The first-order valence-electron chi connectivity index (χ1n) is 5.47. The number of rotatable bonds is 4. The molecule has 0 aromatic carbocycles. The number of methoxy groups -OCH3 is 1. The van der Waals surface area contributed by atoms with Crippen molar-refractivity contribution in [3.8, 4) is 5.88 Å². The molecule has 5 nitrogen and oxygen atoms in total. The lowest BCUT2D eigenvalue weighted by atomic mass is 10.2. The fourth-order valence-corrected chi connectivity index (χ4v) is 1.50. The number of hydrogen-bond acceptors (Lipinski definition) is 4. The van der Waals surface area contributed by atoms with E-state index >= 15 is 0 Å². The van der Waals surface area contributed by atoms with Gasteiger partial charge in [-0.1, -0.05) is 0 Å². The molecule has 2 heterocycles. The van der Waals surface area contributed by atoms with Gasteiger partial charge >= 0.3 is 0 Å². The summed E-state index contributed by atoms with van der Waals surface area (Å²) in [5.41, 5.74) is 1.41. The van der Waals surface area contributed by atoms with Crippen molar-refractivity contribution in [3.05, 3.63) is 54.0 Å². The molecule has 0 atom stereocenters. The Kier molecular flexibility index (Phi) is 3.86. The van der Waals surface area contributed by atoms with Gasteiger partial charge in [-0.3, -0.25) is 9.78 Å². The molecule has 0 aliphatic rings. The smallest absolute Gasteiger partial charge is 0.257 e. The summed E-state index contributed by atoms with van der Waals surface area (Å²) >= 11 is 0. The Morgan fingerprint density at radius 1 is 1.28 bits per heavy atom. The fourth-order valence-electron chi connectivity index (χ4n) is 1.50. The van der Waals surface area contributed by atoms with Crippen molar-refractivity contribution < 1.29 is 9.53 Å². The maximum atomic E-state index is 12.0. The second kappa shape index (κ2) is 5.77. The van der Waals surface area contributed by atoms with Crippen molar-refractivity contribution in [2.75, 3.05) is 7.11 Å². The van der Waals surface area contributed by atoms with Gasteiger partial charge in [0, 0.05) is 25.1 Å². The summed E-state index contributed by atoms with van der Waals surface area (Å²) in [6.45, 7) is 0.444. The third-order valence-electron chi connectivity index (χ3n) is 2.41. The topological polar surface area (TPSA) is 64.1 Å². The van der Waals surface area contributed by atoms with E-state index in [1.165, 1.54) is 7.11 Å². The third kappa shape index (κ3) is 2.82. The molecule has 2 rings (SSSR count). The van der Waals surface area contributed by atoms with Crippen LogP contribution in [-0.4, -0.2) is 23.0 Å². The van der Waals surface area contributed by atoms with Crippen LogP contribution in [0.15, 0.2) is 42.9 Å². The quantitative estimate of drug-likeness (QED) is 0.882. The van der Waals surface area contributed by atoms with Crippen LogP contribution in [-0.2, 0) is 6.54 Å². The van der Waals surface area contributed by atoms with Crippen LogP contribution < -0.4 is 10.1 Å². The zero-order valence-corrected chi connectivity index (χ0v) is 9.96. The Balaban J connectivity index is 2.04. The molecule has 0 saturated carbocycles. The number of carbonyl (C=O) groups excluding carboxylic acids is 1. The average Bonchev–Trinajstić information content (AvgIpc) is 2.45. The predicted molar refractivity (Wildman–Crippen MR) is 66.2 cm³/mol. The van der Waals surface area contributed by atoms with Crippen molar-refractivity contribution >= 4 is 5.91 Å². The minimum atomic E-state index is -0.211. The molecule has 0 spiro atoms. The largest absolute Gasteiger partial charge is 0.480 e. The summed E-state index contributed by atoms with van der Waals surface area (Å²) in [7, 11) is 1.49. The molecule has 0 bridgehead atoms. The minimum Gasteiger partial charge on any atom is -0.480 e. The molecule has 2 aromatic heterocycles. The normalized spacial score (nSPS) is 9.83. The van der Waals surface area contributed by atoms with Gasteiger partial charge in [-0.2, -0.15) is 0 Å². The van der Waals surface area contributed by atoms with Crippen molar-refractivity contribution in [1.82, 2.24) is 15.3 Å². The lowest BCUT2D eigenvalue weighted by molar-refractivity contribution is 0.0947. The molecule has 92 valence electrons. The van der Waals surface area contributed by atoms with Crippen LogP contribution in [0.3, 0.4) is 0 Å². The van der Waals surface area contributed by atoms with Crippen molar-refractivity contribution in [2.45, 2.75) is 6.54 Å². The molecular weight excluding hydrogens is 230 g/mol. The van der Waals surface area contributed by atoms with Gasteiger partial charge in [-0.05, 0) is 29.8 Å². The SMILES string of the molecule is COc1ncccc1C(=O)NCc1ccncc1. The van der Waals surface area contributed by atoms with E-state index in [2.05, 4.69) is 15.3 Å². The number of ether oxygens (including phenoxy) is 1. The van der Waals surface area contributed by atoms with Crippen molar-refractivity contribution in [2.24, 2.45) is 0 Å². The summed E-state index contributed by atoms with van der Waals surface area (Å²) in [5.74, 6) is 0.112. The summed E-state index contributed by atoms with van der Waals surface area (Å²) in [4.78, 5) is 19.8. The molecule has 5 heteroatoms. The number of hydrogen-bond donors (Lipinski definition) is 1. The zero-order chi connectivity index (χ0) is 12.8. The maximum Gasteiger partial charge on any atom is 0.257 e. The molecule has 0 aliphatic heterocycles. The van der Waals surface area contributed by atoms with Gasteiger partial charge in [-0.25, -0.2) is 4.98 Å². The monoisotopic (exact) mass is 243 g/mol. The van der Waals surface area contributed by atoms with E-state index in [1.807, 2.05) is 12.1 Å². The van der Waals surface area contributed by atoms with Crippen LogP contribution in [0, 0.1) is 0 Å². The molecule has 1 amide bonds. The second-order valence-corrected chi connectivity index (χ2v) is 3.60. The molecule has 0 fully saturated rings. The Morgan fingerprint density at radius 3 is 2.78 bits per heavy atom. The number of amides is 1. The van der Waals surface area contributed by atoms with E-state index < -0.39 is 0 Å². The number of carbonyl (C=O) groups is 1. The van der Waals surface area contributed by atoms with Gasteiger partial charge in [-0.15, -0.1) is 0 Å². The highest BCUT2D eigenvalue weighted by Crippen LogP contribution is 2.13. The Bertz CT molecular complexity index is 529. The minimum absolute atomic E-state index is 0.211. The Hall–Kier alpha value is -2.43. The first-order valence-corrected chi connectivity index (χ1v) is 5.47. The number of nitrogens with one attached hydrogen (secondary N) is 1. The number of pyridine rings is 2. The van der Waals surface area contributed by atoms with E-state index in [4.69, 9.17) is 4.74 Å². The number of nitrogens with zero attached hydrogens (tertiary/aromatic N) is 2. The Labute approximate surface area is 105 Å². The summed E-state index contributed by atoms with van der Waals surface area (Å²) in [6.07, 6.45) is 4.96. The number of aromatic nitrogens is 2. The van der Waals surface area contributed by atoms with Crippen LogP contribution in [0.4, 0.5) is 0 Å². The summed E-state index contributed by atoms with van der Waals surface area (Å²) in [6, 6.07) is 7.07. The average molecular weight is 243 g/mol. The van der Waals surface area contributed by atoms with Gasteiger partial charge in [0.05, 0.1) is 7.11 Å². The maximum absolute atomic E-state index is 12.0. The highest BCUT2D eigenvalue weighted by atomic mass is 16.5. The molecular formula is C13H13N3O2. The highest BCUT2D eigenvalue weighted by Gasteiger charge is 2.11. The van der Waals surface area contributed by atoms with Gasteiger partial charge in [0.15, 0.2) is 0 Å². The summed E-state index contributed by atoms with van der Waals surface area (Å²) < 4.78 is 5.04. The van der Waals surface area contributed by atoms with E-state index in [-0.39, 0.29) is 5.91 Å². The molecule has 0 aliphatic carbocycles. The molecule has 18 heavy (non-hydrogen) atoms. The van der Waals surface area contributed by atoms with E-state index in [9.17, 15) is 4.79 Å². The lowest BCUT2D eigenvalue weighted by Gasteiger charge is -2.07. The first-order chi connectivity index (χ1) is 8.81. The van der Waals surface area contributed by atoms with E-state index in [1.54, 1.807) is 30.7 Å². The molecule has 0 saturated heterocycles. The standard InChI is InChI=1S/C13H13N3O2/c1-18-13-11(3-2-6-15-13)12(17)16-9-10-4-7-14-8-5-10/h2-8H,9H2,1H3,(H,16,17). The van der Waals surface area contributed by atoms with Gasteiger partial charge in [0.2, 0.25) is 5.88 Å². The van der Waals surface area contributed by atoms with Crippen molar-refractivity contribution in [3.63, 3.8) is 0 Å². The fraction of sp³-hybridized carbons (Fsp3) is 0.154. The van der Waals surface area contributed by atoms with Crippen LogP contribution in [0.1, 0.15) is 15.9 Å². The van der Waals surface area contributed by atoms with E-state index in [0.29, 0.717) is 18.0 Å². The van der Waals surface area contributed by atoms with E-state index in [0.717, 1.165) is 5.56 Å². The lowest BCUT2D eigenvalue weighted by Crippen LogP contribution is -2.23. The molecule has 2 aromatic rings. The summed E-state index contributed by atoms with van der Waals surface area (Å²) in [5, 5.41) is 2.80. The van der Waals surface area contributed by atoms with Gasteiger partial charge < -0.3 is 10.1 Å². The van der Waals surface area contributed by atoms with Crippen LogP contribution in [0.25, 0.3) is 0 Å². The zero-order valence-electron chi connectivity index (χ0n) is 9.96. The molecule has 1 N–H and O–H groups in total. The van der Waals surface area contributed by atoms with Gasteiger partial charge in [0.1, 0.15) is 5.56 Å². The first kappa shape index (κ1) is 12.0. The van der Waals surface area contributed by atoms with Crippen LogP contribution in [0.5, 0.6) is 5.88 Å². The third-order valence-corrected chi connectivity index (χ3v) is 2.41. The van der Waals surface area contributed by atoms with Crippen molar-refractivity contribution in [1.29, 1.82) is 0 Å². The molecule has 0 unspecified atom stereocenters. The Morgan fingerprint density at radius 2 is 2.06 bits per heavy atom. The highest BCUT2D eigenvalue weighted by molar-refractivity contribution is 5.96. The molecule has 0 radical (unpaired) electrons. The van der Waals surface area contributed by atoms with Crippen LogP contribution in [0.2, 0.25) is 0 Å². The van der Waals surface area contributed by atoms with Gasteiger partial charge in [0.25, 0.3) is 5.91 Å².